The zero-order valence-corrected chi connectivity index (χ0v) is 33.8. The molecule has 0 fully saturated rings. The minimum absolute atomic E-state index is 0.375. The molecule has 11 aromatic rings. The highest BCUT2D eigenvalue weighted by Gasteiger charge is 2.24. The van der Waals surface area contributed by atoms with E-state index in [2.05, 4.69) is 181 Å². The number of allylic oxidation sites excluding steroid dienone is 7. The van der Waals surface area contributed by atoms with Gasteiger partial charge in [0.05, 0.1) is 5.69 Å². The number of fused-ring (bicyclic) bond motifs is 11. The fourth-order valence-electron chi connectivity index (χ4n) is 10.0. The van der Waals surface area contributed by atoms with Gasteiger partial charge in [-0.1, -0.05) is 140 Å². The van der Waals surface area contributed by atoms with Crippen molar-refractivity contribution >= 4 is 88.0 Å². The summed E-state index contributed by atoms with van der Waals surface area (Å²) in [7, 11) is 0. The first kappa shape index (κ1) is 35.0. The number of hydrogen-bond acceptors (Lipinski definition) is 4. The van der Waals surface area contributed by atoms with Crippen LogP contribution in [0.15, 0.2) is 219 Å². The van der Waals surface area contributed by atoms with Crippen molar-refractivity contribution < 1.29 is 13.3 Å². The van der Waals surface area contributed by atoms with Gasteiger partial charge in [0, 0.05) is 60.6 Å². The largest absolute Gasteiger partial charge is 0.456 e. The summed E-state index contributed by atoms with van der Waals surface area (Å²) in [5.41, 5.74) is 14.4. The topological polar surface area (TPSA) is 42.7 Å². The predicted octanol–water partition coefficient (Wildman–Crippen LogP) is 16.7. The SMILES string of the molecule is C1=CC(C2C=CC(N(c3ccc(-c4cccc5c4oc4c6ccccc6c(-c6ccc7oc8ccccc8c7c6)cc54)cc3)c3cccc4c3oc3ccccc34)=CC2)=CCC1. The molecule has 0 spiro atoms. The van der Waals surface area contributed by atoms with Crippen LogP contribution >= 0.6 is 0 Å². The van der Waals surface area contributed by atoms with Crippen molar-refractivity contribution in [3.8, 4) is 22.3 Å². The van der Waals surface area contributed by atoms with Crippen LogP contribution < -0.4 is 4.90 Å². The summed E-state index contributed by atoms with van der Waals surface area (Å²) in [6.45, 7) is 0. The maximum atomic E-state index is 6.97. The highest BCUT2D eigenvalue weighted by atomic mass is 16.3. The zero-order valence-electron chi connectivity index (χ0n) is 33.8. The summed E-state index contributed by atoms with van der Waals surface area (Å²) in [4.78, 5) is 2.35. The molecule has 0 radical (unpaired) electrons. The van der Waals surface area contributed by atoms with Gasteiger partial charge in [0.25, 0.3) is 0 Å². The Bertz CT molecular complexity index is 3740. The average Bonchev–Trinajstić information content (AvgIpc) is 4.04. The molecule has 0 saturated heterocycles. The monoisotopic (exact) mass is 797 g/mol. The molecule has 0 N–H and O–H groups in total. The fraction of sp³-hybridized carbons (Fsp3) is 0.0690. The van der Waals surface area contributed by atoms with Crippen molar-refractivity contribution in [1.82, 2.24) is 0 Å². The van der Waals surface area contributed by atoms with Crippen LogP contribution in [0.25, 0.3) is 98.8 Å². The Morgan fingerprint density at radius 3 is 1.90 bits per heavy atom. The Hall–Kier alpha value is -7.82. The summed E-state index contributed by atoms with van der Waals surface area (Å²) in [5.74, 6) is 0.375. The van der Waals surface area contributed by atoms with Crippen LogP contribution in [0.4, 0.5) is 11.4 Å². The molecule has 0 bridgehead atoms. The normalized spacial score (nSPS) is 15.5. The van der Waals surface area contributed by atoms with E-state index in [9.17, 15) is 0 Å². The quantitative estimate of drug-likeness (QED) is 0.168. The summed E-state index contributed by atoms with van der Waals surface area (Å²) in [6, 6.07) is 55.9. The van der Waals surface area contributed by atoms with E-state index in [0.717, 1.165) is 130 Å². The molecule has 3 heterocycles. The lowest BCUT2D eigenvalue weighted by Gasteiger charge is -2.29. The highest BCUT2D eigenvalue weighted by molar-refractivity contribution is 6.21. The minimum atomic E-state index is 0.375. The molecule has 8 aromatic carbocycles. The molecule has 294 valence electrons. The molecule has 0 amide bonds. The second kappa shape index (κ2) is 13.9. The Morgan fingerprint density at radius 2 is 1.11 bits per heavy atom. The van der Waals surface area contributed by atoms with Crippen LogP contribution in [-0.2, 0) is 0 Å². The van der Waals surface area contributed by atoms with Crippen molar-refractivity contribution in [2.45, 2.75) is 19.3 Å². The van der Waals surface area contributed by atoms with Gasteiger partial charge >= 0.3 is 0 Å². The second-order valence-electron chi connectivity index (χ2n) is 16.6. The smallest absolute Gasteiger partial charge is 0.159 e. The molecule has 62 heavy (non-hydrogen) atoms. The lowest BCUT2D eigenvalue weighted by molar-refractivity contribution is 0.668. The van der Waals surface area contributed by atoms with Gasteiger partial charge in [-0.05, 0) is 102 Å². The van der Waals surface area contributed by atoms with E-state index in [1.54, 1.807) is 0 Å². The van der Waals surface area contributed by atoms with Crippen LogP contribution in [0.3, 0.4) is 0 Å². The molecular formula is C58H39NO3. The van der Waals surface area contributed by atoms with Gasteiger partial charge in [-0.15, -0.1) is 0 Å². The maximum absolute atomic E-state index is 6.97. The summed E-state index contributed by atoms with van der Waals surface area (Å²) in [5, 5.41) is 8.92. The second-order valence-corrected chi connectivity index (χ2v) is 16.6. The zero-order chi connectivity index (χ0) is 40.7. The molecule has 13 rings (SSSR count). The third-order valence-electron chi connectivity index (χ3n) is 13.0. The van der Waals surface area contributed by atoms with Gasteiger partial charge in [0.15, 0.2) is 5.58 Å². The Kier molecular flexibility index (Phi) is 7.83. The maximum Gasteiger partial charge on any atom is 0.159 e. The van der Waals surface area contributed by atoms with Crippen LogP contribution in [0.5, 0.6) is 0 Å². The molecule has 4 nitrogen and oxygen atoms in total. The fourth-order valence-corrected chi connectivity index (χ4v) is 10.0. The minimum Gasteiger partial charge on any atom is -0.456 e. The number of nitrogens with zero attached hydrogens (tertiary/aromatic N) is 1. The van der Waals surface area contributed by atoms with Gasteiger partial charge in [-0.2, -0.15) is 0 Å². The van der Waals surface area contributed by atoms with Crippen molar-refractivity contribution in [3.63, 3.8) is 0 Å². The molecular weight excluding hydrogens is 759 g/mol. The van der Waals surface area contributed by atoms with Crippen LogP contribution in [0.2, 0.25) is 0 Å². The molecule has 1 atom stereocenters. The van der Waals surface area contributed by atoms with Crippen LogP contribution in [0.1, 0.15) is 19.3 Å². The van der Waals surface area contributed by atoms with Gasteiger partial charge in [0.2, 0.25) is 0 Å². The van der Waals surface area contributed by atoms with E-state index in [1.807, 2.05) is 18.2 Å². The number of para-hydroxylation sites is 4. The summed E-state index contributed by atoms with van der Waals surface area (Å²) in [6.07, 6.45) is 17.2. The van der Waals surface area contributed by atoms with Gasteiger partial charge < -0.3 is 18.2 Å². The highest BCUT2D eigenvalue weighted by Crippen LogP contribution is 2.45. The van der Waals surface area contributed by atoms with Gasteiger partial charge in [-0.3, -0.25) is 0 Å². The first-order valence-corrected chi connectivity index (χ1v) is 21.6. The van der Waals surface area contributed by atoms with Crippen molar-refractivity contribution in [3.05, 3.63) is 205 Å². The number of benzene rings is 8. The van der Waals surface area contributed by atoms with E-state index in [4.69, 9.17) is 13.3 Å². The van der Waals surface area contributed by atoms with E-state index < -0.39 is 0 Å². The number of furan rings is 3. The van der Waals surface area contributed by atoms with Crippen molar-refractivity contribution in [1.29, 1.82) is 0 Å². The van der Waals surface area contributed by atoms with Crippen LogP contribution in [-0.4, -0.2) is 0 Å². The van der Waals surface area contributed by atoms with Crippen LogP contribution in [0, 0.1) is 5.92 Å². The molecule has 3 aromatic heterocycles. The van der Waals surface area contributed by atoms with Crippen molar-refractivity contribution in [2.75, 3.05) is 4.90 Å². The first-order valence-electron chi connectivity index (χ1n) is 21.6. The average molecular weight is 798 g/mol. The molecule has 1 unspecified atom stereocenters. The molecule has 2 aliphatic carbocycles. The number of hydrogen-bond donors (Lipinski definition) is 0. The summed E-state index contributed by atoms with van der Waals surface area (Å²) < 4.78 is 19.8. The van der Waals surface area contributed by atoms with Crippen molar-refractivity contribution in [2.24, 2.45) is 5.92 Å². The third-order valence-corrected chi connectivity index (χ3v) is 13.0. The predicted molar refractivity (Wildman–Crippen MR) is 257 cm³/mol. The Labute approximate surface area is 357 Å². The van der Waals surface area contributed by atoms with Gasteiger partial charge in [0.1, 0.15) is 27.9 Å². The lowest BCUT2D eigenvalue weighted by atomic mass is 9.88. The third kappa shape index (κ3) is 5.46. The molecule has 0 aliphatic heterocycles. The van der Waals surface area contributed by atoms with E-state index in [1.165, 1.54) is 11.1 Å². The Morgan fingerprint density at radius 1 is 0.435 bits per heavy atom. The standard InChI is InChI=1S/C58H39NO3/c1-2-12-36(13-3-1)37-24-29-40(30-25-37)59(52-21-11-20-47-44-15-6-9-23-54(44)61-58(47)52)41-31-26-38(27-32-41)42-18-10-19-48-51-35-49(43-14-4-5-17-46(43)57(51)62-56(42)48)39-28-33-55-50(34-39)45-16-7-8-22-53(45)60-55/h2,4-24,26-35,37H,1,3,25H2. The van der Waals surface area contributed by atoms with E-state index in [-0.39, 0.29) is 0 Å². The number of anilines is 2. The van der Waals surface area contributed by atoms with Gasteiger partial charge in [-0.25, -0.2) is 0 Å². The molecule has 2 aliphatic rings. The molecule has 0 saturated carbocycles. The summed E-state index contributed by atoms with van der Waals surface area (Å²) >= 11 is 0. The lowest BCUT2D eigenvalue weighted by Crippen LogP contribution is -2.18. The molecule has 4 heteroatoms. The Balaban J connectivity index is 0.929. The van der Waals surface area contributed by atoms with E-state index >= 15 is 0 Å². The number of rotatable bonds is 6. The first-order chi connectivity index (χ1) is 30.7. The van der Waals surface area contributed by atoms with E-state index in [0.29, 0.717) is 5.92 Å².